The van der Waals surface area contributed by atoms with Gasteiger partial charge in [-0.2, -0.15) is 0 Å². The molecule has 0 saturated heterocycles. The van der Waals surface area contributed by atoms with Crippen molar-refractivity contribution in [2.75, 3.05) is 0 Å². The fourth-order valence-corrected chi connectivity index (χ4v) is 0.785. The van der Waals surface area contributed by atoms with Gasteiger partial charge in [0.2, 0.25) is 0 Å². The average molecular weight is 210 g/mol. The molecule has 2 N–H and O–H groups in total. The van der Waals surface area contributed by atoms with Gasteiger partial charge in [-0.3, -0.25) is 0 Å². The van der Waals surface area contributed by atoms with E-state index in [0.29, 0.717) is 0 Å². The molecule has 0 radical (unpaired) electrons. The Hall–Kier alpha value is -1.84. The number of benzene rings is 1. The van der Waals surface area contributed by atoms with E-state index in [9.17, 15) is 9.59 Å². The molecule has 0 saturated carbocycles. The van der Waals surface area contributed by atoms with Crippen LogP contribution in [0.4, 0.5) is 0 Å². The summed E-state index contributed by atoms with van der Waals surface area (Å²) in [7, 11) is 0. The van der Waals surface area contributed by atoms with Crippen molar-refractivity contribution in [2.24, 2.45) is 0 Å². The Bertz CT molecular complexity index is 315. The minimum atomic E-state index is -1.13. The second kappa shape index (κ2) is 6.59. The Morgan fingerprint density at radius 2 is 1.40 bits per heavy atom. The van der Waals surface area contributed by atoms with E-state index in [4.69, 9.17) is 10.2 Å². The zero-order chi connectivity index (χ0) is 11.8. The second-order valence-corrected chi connectivity index (χ2v) is 2.90. The van der Waals surface area contributed by atoms with Crippen molar-refractivity contribution in [3.8, 4) is 0 Å². The van der Waals surface area contributed by atoms with Crippen LogP contribution in [0.3, 0.4) is 0 Å². The Kier molecular flexibility index (Phi) is 5.78. The number of hydrogen-bond donors (Lipinski definition) is 2. The van der Waals surface area contributed by atoms with Gasteiger partial charge in [0.25, 0.3) is 0 Å². The van der Waals surface area contributed by atoms with Gasteiger partial charge in [-0.05, 0) is 18.2 Å². The molecule has 15 heavy (non-hydrogen) atoms. The molecule has 0 atom stereocenters. The topological polar surface area (TPSA) is 74.6 Å². The monoisotopic (exact) mass is 210 g/mol. The molecule has 0 heterocycles. The van der Waals surface area contributed by atoms with Crippen molar-refractivity contribution in [2.45, 2.75) is 20.3 Å². The quantitative estimate of drug-likeness (QED) is 0.786. The highest BCUT2D eigenvalue weighted by Gasteiger charge is 2.06. The van der Waals surface area contributed by atoms with Crippen LogP contribution in [0.25, 0.3) is 0 Å². The Morgan fingerprint density at radius 3 is 1.67 bits per heavy atom. The third kappa shape index (κ3) is 4.81. The largest absolute Gasteiger partial charge is 0.478 e. The summed E-state index contributed by atoms with van der Waals surface area (Å²) in [6.07, 6.45) is 1.25. The molecule has 0 bridgehead atoms. The Balaban J connectivity index is 0.000000583. The van der Waals surface area contributed by atoms with E-state index in [1.54, 1.807) is 0 Å². The first-order chi connectivity index (χ1) is 7.02. The van der Waals surface area contributed by atoms with Gasteiger partial charge >= 0.3 is 11.9 Å². The predicted octanol–water partition coefficient (Wildman–Crippen LogP) is 2.50. The van der Waals surface area contributed by atoms with E-state index in [-0.39, 0.29) is 11.1 Å². The molecular formula is C11H14O4. The number of rotatable bonds is 2. The molecule has 0 aliphatic carbocycles. The summed E-state index contributed by atoms with van der Waals surface area (Å²) in [4.78, 5) is 20.8. The van der Waals surface area contributed by atoms with E-state index < -0.39 is 11.9 Å². The molecule has 1 aromatic rings. The summed E-state index contributed by atoms with van der Waals surface area (Å²) in [6, 6.07) is 5.20. The summed E-state index contributed by atoms with van der Waals surface area (Å²) in [5.41, 5.74) is -0.0372. The smallest absolute Gasteiger partial charge is 0.335 e. The standard InChI is InChI=1S/C8H6O4.C3H8/c9-7(10)5-2-1-3-6(4-5)8(11)12;1-3-2/h1-4H,(H,9,10)(H,11,12);3H2,1-2H3. The van der Waals surface area contributed by atoms with Crippen LogP contribution in [0, 0.1) is 0 Å². The minimum Gasteiger partial charge on any atom is -0.478 e. The first-order valence-electron chi connectivity index (χ1n) is 4.59. The first kappa shape index (κ1) is 13.2. The second-order valence-electron chi connectivity index (χ2n) is 2.90. The third-order valence-corrected chi connectivity index (χ3v) is 1.36. The van der Waals surface area contributed by atoms with E-state index in [2.05, 4.69) is 13.8 Å². The van der Waals surface area contributed by atoms with E-state index in [0.717, 1.165) is 6.07 Å². The maximum atomic E-state index is 10.4. The molecule has 1 rings (SSSR count). The lowest BCUT2D eigenvalue weighted by molar-refractivity contribution is 0.0696. The highest BCUT2D eigenvalue weighted by atomic mass is 16.4. The number of carboxylic acid groups (broad SMARTS) is 2. The van der Waals surface area contributed by atoms with Crippen LogP contribution in [-0.2, 0) is 0 Å². The lowest BCUT2D eigenvalue weighted by Gasteiger charge is -1.95. The number of carboxylic acids is 2. The number of carbonyl (C=O) groups is 2. The van der Waals surface area contributed by atoms with Crippen molar-refractivity contribution in [1.29, 1.82) is 0 Å². The third-order valence-electron chi connectivity index (χ3n) is 1.36. The van der Waals surface area contributed by atoms with Crippen molar-refractivity contribution < 1.29 is 19.8 Å². The minimum absolute atomic E-state index is 0.0186. The Morgan fingerprint density at radius 1 is 1.07 bits per heavy atom. The van der Waals surface area contributed by atoms with E-state index in [1.807, 2.05) is 0 Å². The molecule has 0 aliphatic heterocycles. The zero-order valence-electron chi connectivity index (χ0n) is 8.73. The summed E-state index contributed by atoms with van der Waals surface area (Å²) in [5, 5.41) is 17.0. The Labute approximate surface area is 88.2 Å². The lowest BCUT2D eigenvalue weighted by Crippen LogP contribution is -2.01. The van der Waals surface area contributed by atoms with Gasteiger partial charge in [0.15, 0.2) is 0 Å². The lowest BCUT2D eigenvalue weighted by atomic mass is 10.1. The van der Waals surface area contributed by atoms with Gasteiger partial charge in [0, 0.05) is 0 Å². The molecule has 4 heteroatoms. The summed E-state index contributed by atoms with van der Waals surface area (Å²) < 4.78 is 0. The zero-order valence-corrected chi connectivity index (χ0v) is 8.73. The molecule has 82 valence electrons. The molecule has 1 aromatic carbocycles. The van der Waals surface area contributed by atoms with E-state index in [1.165, 1.54) is 24.6 Å². The molecule has 0 spiro atoms. The fraction of sp³-hybridized carbons (Fsp3) is 0.273. The molecule has 0 aliphatic rings. The normalized spacial score (nSPS) is 8.67. The molecule has 0 unspecified atom stereocenters. The van der Waals surface area contributed by atoms with E-state index >= 15 is 0 Å². The number of hydrogen-bond acceptors (Lipinski definition) is 2. The van der Waals surface area contributed by atoms with Gasteiger partial charge in [-0.15, -0.1) is 0 Å². The molecule has 0 amide bonds. The van der Waals surface area contributed by atoms with Crippen molar-refractivity contribution in [3.05, 3.63) is 35.4 Å². The molecule has 0 fully saturated rings. The fourth-order valence-electron chi connectivity index (χ4n) is 0.785. The van der Waals surface area contributed by atoms with Crippen molar-refractivity contribution in [1.82, 2.24) is 0 Å². The summed E-state index contributed by atoms with van der Waals surface area (Å²) >= 11 is 0. The molecular weight excluding hydrogens is 196 g/mol. The average Bonchev–Trinajstić information content (AvgIpc) is 2.19. The highest BCUT2D eigenvalue weighted by molar-refractivity contribution is 5.93. The van der Waals surface area contributed by atoms with Crippen LogP contribution >= 0.6 is 0 Å². The SMILES string of the molecule is CCC.O=C(O)c1cccc(C(=O)O)c1. The molecule has 4 nitrogen and oxygen atoms in total. The van der Waals surface area contributed by atoms with Crippen LogP contribution in [-0.4, -0.2) is 22.2 Å². The maximum absolute atomic E-state index is 10.4. The van der Waals surface area contributed by atoms with Crippen LogP contribution in [0.5, 0.6) is 0 Å². The van der Waals surface area contributed by atoms with Crippen LogP contribution in [0.1, 0.15) is 41.0 Å². The van der Waals surface area contributed by atoms with Crippen LogP contribution < -0.4 is 0 Å². The van der Waals surface area contributed by atoms with Gasteiger partial charge in [-0.25, -0.2) is 9.59 Å². The number of aromatic carboxylic acids is 2. The van der Waals surface area contributed by atoms with Gasteiger partial charge < -0.3 is 10.2 Å². The molecule has 0 aromatic heterocycles. The highest BCUT2D eigenvalue weighted by Crippen LogP contribution is 2.04. The van der Waals surface area contributed by atoms with Crippen molar-refractivity contribution in [3.63, 3.8) is 0 Å². The maximum Gasteiger partial charge on any atom is 0.335 e. The van der Waals surface area contributed by atoms with Gasteiger partial charge in [0.1, 0.15) is 0 Å². The van der Waals surface area contributed by atoms with Crippen LogP contribution in [0.2, 0.25) is 0 Å². The summed E-state index contributed by atoms with van der Waals surface area (Å²) in [5.74, 6) is -2.25. The summed E-state index contributed by atoms with van der Waals surface area (Å²) in [6.45, 7) is 4.25. The van der Waals surface area contributed by atoms with Gasteiger partial charge in [-0.1, -0.05) is 26.3 Å². The van der Waals surface area contributed by atoms with Crippen molar-refractivity contribution >= 4 is 11.9 Å². The predicted molar refractivity (Wildman–Crippen MR) is 56.3 cm³/mol. The van der Waals surface area contributed by atoms with Crippen LogP contribution in [0.15, 0.2) is 24.3 Å². The van der Waals surface area contributed by atoms with Gasteiger partial charge in [0.05, 0.1) is 11.1 Å². The first-order valence-corrected chi connectivity index (χ1v) is 4.59.